The van der Waals surface area contributed by atoms with Crippen LogP contribution >= 0.6 is 27.3 Å². The Hall–Kier alpha value is 0.0500. The zero-order valence-electron chi connectivity index (χ0n) is 11.1. The molecule has 1 saturated heterocycles. The highest BCUT2D eigenvalue weighted by atomic mass is 79.9. The van der Waals surface area contributed by atoms with Crippen molar-refractivity contribution in [2.45, 2.75) is 30.0 Å². The van der Waals surface area contributed by atoms with E-state index in [-0.39, 0.29) is 0 Å². The highest BCUT2D eigenvalue weighted by molar-refractivity contribution is 9.11. The first-order valence-corrected chi connectivity index (χ1v) is 9.43. The molecule has 4 nitrogen and oxygen atoms in total. The van der Waals surface area contributed by atoms with Crippen molar-refractivity contribution in [1.29, 1.82) is 0 Å². The molecule has 1 atom stereocenters. The van der Waals surface area contributed by atoms with Crippen molar-refractivity contribution in [2.75, 3.05) is 20.1 Å². The molecule has 1 aromatic heterocycles. The maximum Gasteiger partial charge on any atom is 0.252 e. The Kier molecular flexibility index (Phi) is 5.05. The number of sulfonamides is 1. The summed E-state index contributed by atoms with van der Waals surface area (Å²) in [5.74, 6) is 0.562. The molecule has 1 unspecified atom stereocenters. The molecule has 0 radical (unpaired) electrons. The predicted octanol–water partition coefficient (Wildman–Crippen LogP) is 2.52. The van der Waals surface area contributed by atoms with E-state index < -0.39 is 10.0 Å². The highest BCUT2D eigenvalue weighted by Gasteiger charge is 2.31. The molecule has 1 fully saturated rings. The van der Waals surface area contributed by atoms with Gasteiger partial charge in [-0.05, 0) is 60.8 Å². The third-order valence-electron chi connectivity index (χ3n) is 3.80. The summed E-state index contributed by atoms with van der Waals surface area (Å²) in [6.45, 7) is 3.40. The van der Waals surface area contributed by atoms with Crippen molar-refractivity contribution >= 4 is 37.3 Å². The van der Waals surface area contributed by atoms with Crippen LogP contribution in [0.5, 0.6) is 0 Å². The van der Waals surface area contributed by atoms with Gasteiger partial charge in [0.05, 0.1) is 3.79 Å². The largest absolute Gasteiger partial charge is 0.317 e. The normalized spacial score (nSPS) is 20.6. The molecule has 1 aromatic rings. The Morgan fingerprint density at radius 3 is 2.53 bits per heavy atom. The van der Waals surface area contributed by atoms with Crippen LogP contribution in [0, 0.1) is 5.92 Å². The topological polar surface area (TPSA) is 49.4 Å². The van der Waals surface area contributed by atoms with Gasteiger partial charge in [-0.2, -0.15) is 4.31 Å². The molecular weight excluding hydrogens is 348 g/mol. The Morgan fingerprint density at radius 2 is 2.05 bits per heavy atom. The van der Waals surface area contributed by atoms with Crippen molar-refractivity contribution in [3.63, 3.8) is 0 Å². The molecule has 0 aromatic carbocycles. The lowest BCUT2D eigenvalue weighted by atomic mass is 9.91. The number of piperidine rings is 1. The highest BCUT2D eigenvalue weighted by Crippen LogP contribution is 2.31. The van der Waals surface area contributed by atoms with Gasteiger partial charge in [0, 0.05) is 19.1 Å². The Bertz CT molecular complexity index is 522. The third kappa shape index (κ3) is 3.39. The fourth-order valence-corrected chi connectivity index (χ4v) is 6.05. The molecule has 1 N–H and O–H groups in total. The standard InChI is InChI=1S/C12H19BrN2O2S2/c1-9(14-2)10-5-7-15(8-6-10)19(16,17)12-4-3-11(13)18-12/h3-4,9-10,14H,5-8H2,1-2H3. The van der Waals surface area contributed by atoms with Crippen LogP contribution in [0.1, 0.15) is 19.8 Å². The van der Waals surface area contributed by atoms with E-state index in [4.69, 9.17) is 0 Å². The lowest BCUT2D eigenvalue weighted by Gasteiger charge is -2.33. The summed E-state index contributed by atoms with van der Waals surface area (Å²) < 4.78 is 27.8. The van der Waals surface area contributed by atoms with Gasteiger partial charge in [-0.15, -0.1) is 11.3 Å². The number of nitrogens with zero attached hydrogens (tertiary/aromatic N) is 1. The van der Waals surface area contributed by atoms with E-state index in [0.717, 1.165) is 16.6 Å². The summed E-state index contributed by atoms with van der Waals surface area (Å²) in [6, 6.07) is 3.90. The van der Waals surface area contributed by atoms with Crippen LogP contribution in [0.25, 0.3) is 0 Å². The van der Waals surface area contributed by atoms with Gasteiger partial charge >= 0.3 is 0 Å². The Balaban J connectivity index is 2.05. The summed E-state index contributed by atoms with van der Waals surface area (Å²) in [7, 11) is -1.34. The third-order valence-corrected chi connectivity index (χ3v) is 7.79. The molecule has 1 aliphatic rings. The van der Waals surface area contributed by atoms with Crippen LogP contribution in [-0.2, 0) is 10.0 Å². The van der Waals surface area contributed by atoms with Gasteiger partial charge in [0.25, 0.3) is 10.0 Å². The number of hydrogen-bond donors (Lipinski definition) is 1. The summed E-state index contributed by atoms with van der Waals surface area (Å²) >= 11 is 4.59. The molecule has 0 aliphatic carbocycles. The molecule has 1 aliphatic heterocycles. The first-order valence-electron chi connectivity index (χ1n) is 6.38. The van der Waals surface area contributed by atoms with E-state index >= 15 is 0 Å². The fourth-order valence-electron chi connectivity index (χ4n) is 2.42. The number of thiophene rings is 1. The molecule has 19 heavy (non-hydrogen) atoms. The van der Waals surface area contributed by atoms with Gasteiger partial charge in [0.1, 0.15) is 4.21 Å². The van der Waals surface area contributed by atoms with E-state index in [2.05, 4.69) is 28.2 Å². The number of halogens is 1. The molecule has 0 saturated carbocycles. The molecule has 0 bridgehead atoms. The minimum absolute atomic E-state index is 0.430. The maximum atomic E-state index is 12.4. The van der Waals surface area contributed by atoms with Gasteiger partial charge in [-0.1, -0.05) is 0 Å². The average Bonchev–Trinajstić information content (AvgIpc) is 2.85. The zero-order valence-corrected chi connectivity index (χ0v) is 14.3. The molecule has 0 spiro atoms. The van der Waals surface area contributed by atoms with Crippen molar-refractivity contribution in [3.05, 3.63) is 15.9 Å². The van der Waals surface area contributed by atoms with Gasteiger partial charge in [0.15, 0.2) is 0 Å². The predicted molar refractivity (Wildman–Crippen MR) is 82.0 cm³/mol. The quantitative estimate of drug-likeness (QED) is 0.890. The molecule has 2 heterocycles. The first kappa shape index (κ1) is 15.4. The van der Waals surface area contributed by atoms with Crippen LogP contribution in [0.4, 0.5) is 0 Å². The van der Waals surface area contributed by atoms with E-state index in [9.17, 15) is 8.42 Å². The lowest BCUT2D eigenvalue weighted by molar-refractivity contribution is 0.237. The van der Waals surface area contributed by atoms with E-state index in [1.165, 1.54) is 11.3 Å². The van der Waals surface area contributed by atoms with Crippen molar-refractivity contribution in [1.82, 2.24) is 9.62 Å². The number of nitrogens with one attached hydrogen (secondary N) is 1. The van der Waals surface area contributed by atoms with Gasteiger partial charge < -0.3 is 5.32 Å². The monoisotopic (exact) mass is 366 g/mol. The summed E-state index contributed by atoms with van der Waals surface area (Å²) in [6.07, 6.45) is 1.85. The second-order valence-corrected chi connectivity index (χ2v) is 9.51. The number of rotatable bonds is 4. The smallest absolute Gasteiger partial charge is 0.252 e. The first-order chi connectivity index (χ1) is 8.95. The van der Waals surface area contributed by atoms with Crippen molar-refractivity contribution < 1.29 is 8.42 Å². The van der Waals surface area contributed by atoms with Crippen LogP contribution in [-0.4, -0.2) is 38.9 Å². The molecule has 2 rings (SSSR count). The molecule has 0 amide bonds. The summed E-state index contributed by atoms with van der Waals surface area (Å²) in [4.78, 5) is 0. The minimum atomic E-state index is -3.30. The molecular formula is C12H19BrN2O2S2. The van der Waals surface area contributed by atoms with Crippen LogP contribution in [0.2, 0.25) is 0 Å². The van der Waals surface area contributed by atoms with Crippen LogP contribution in [0.3, 0.4) is 0 Å². The molecule has 7 heteroatoms. The van der Waals surface area contributed by atoms with E-state index in [0.29, 0.717) is 29.3 Å². The lowest BCUT2D eigenvalue weighted by Crippen LogP contribution is -2.43. The zero-order chi connectivity index (χ0) is 14.0. The van der Waals surface area contributed by atoms with Crippen molar-refractivity contribution in [2.24, 2.45) is 5.92 Å². The SMILES string of the molecule is CNC(C)C1CCN(S(=O)(=O)c2ccc(Br)s2)CC1. The van der Waals surface area contributed by atoms with Gasteiger partial charge in [-0.25, -0.2) is 8.42 Å². The number of hydrogen-bond acceptors (Lipinski definition) is 4. The van der Waals surface area contributed by atoms with Crippen LogP contribution < -0.4 is 5.32 Å². The van der Waals surface area contributed by atoms with Crippen LogP contribution in [0.15, 0.2) is 20.1 Å². The van der Waals surface area contributed by atoms with Gasteiger partial charge in [-0.3, -0.25) is 0 Å². The summed E-state index contributed by atoms with van der Waals surface area (Å²) in [5.41, 5.74) is 0. The summed E-state index contributed by atoms with van der Waals surface area (Å²) in [5, 5.41) is 3.25. The fraction of sp³-hybridized carbons (Fsp3) is 0.667. The van der Waals surface area contributed by atoms with Gasteiger partial charge in [0.2, 0.25) is 0 Å². The Labute approximate surface area is 127 Å². The van der Waals surface area contributed by atoms with E-state index in [1.807, 2.05) is 7.05 Å². The Morgan fingerprint density at radius 1 is 1.42 bits per heavy atom. The maximum absolute atomic E-state index is 12.4. The van der Waals surface area contributed by atoms with E-state index in [1.54, 1.807) is 16.4 Å². The van der Waals surface area contributed by atoms with Crippen molar-refractivity contribution in [3.8, 4) is 0 Å². The molecule has 108 valence electrons. The second kappa shape index (κ2) is 6.22. The average molecular weight is 367 g/mol. The minimum Gasteiger partial charge on any atom is -0.317 e. The second-order valence-electron chi connectivity index (χ2n) is 4.88.